The van der Waals surface area contributed by atoms with Gasteiger partial charge in [-0.1, -0.05) is 50.3 Å². The molecule has 1 aliphatic carbocycles. The van der Waals surface area contributed by atoms with E-state index in [1.165, 1.54) is 16.7 Å². The van der Waals surface area contributed by atoms with Gasteiger partial charge in [-0.2, -0.15) is 0 Å². The Morgan fingerprint density at radius 1 is 1.12 bits per heavy atom. The van der Waals surface area contributed by atoms with Gasteiger partial charge in [-0.05, 0) is 60.1 Å². The van der Waals surface area contributed by atoms with Gasteiger partial charge >= 0.3 is 0 Å². The Morgan fingerprint density at radius 3 is 2.56 bits per heavy atom. The highest BCUT2D eigenvalue weighted by atomic mass is 16.1. The van der Waals surface area contributed by atoms with Crippen LogP contribution in [0.1, 0.15) is 72.1 Å². The molecule has 0 bridgehead atoms. The van der Waals surface area contributed by atoms with Crippen molar-refractivity contribution < 1.29 is 4.79 Å². The Balaban J connectivity index is 1.71. The molecule has 0 amide bonds. The first-order valence-corrected chi connectivity index (χ1v) is 9.22. The van der Waals surface area contributed by atoms with Gasteiger partial charge in [-0.3, -0.25) is 4.79 Å². The van der Waals surface area contributed by atoms with E-state index >= 15 is 0 Å². The molecule has 2 aromatic carbocycles. The van der Waals surface area contributed by atoms with Crippen LogP contribution in [-0.4, -0.2) is 5.78 Å². The summed E-state index contributed by atoms with van der Waals surface area (Å²) in [7, 11) is 0. The first-order valence-electron chi connectivity index (χ1n) is 9.22. The number of rotatable bonds is 3. The van der Waals surface area contributed by atoms with Crippen LogP contribution in [0.25, 0.3) is 0 Å². The highest BCUT2D eigenvalue weighted by Gasteiger charge is 2.38. The molecule has 1 heterocycles. The number of carbonyl (C=O) groups is 1. The summed E-state index contributed by atoms with van der Waals surface area (Å²) in [4.78, 5) is 11.8. The van der Waals surface area contributed by atoms with E-state index < -0.39 is 0 Å². The lowest BCUT2D eigenvalue weighted by Crippen LogP contribution is -2.29. The molecule has 0 aromatic heterocycles. The zero-order valence-electron chi connectivity index (χ0n) is 15.1. The van der Waals surface area contributed by atoms with Gasteiger partial charge < -0.3 is 5.32 Å². The van der Waals surface area contributed by atoms with E-state index in [4.69, 9.17) is 0 Å². The van der Waals surface area contributed by atoms with Crippen LogP contribution in [0, 0.1) is 5.92 Å². The van der Waals surface area contributed by atoms with E-state index in [1.807, 2.05) is 6.07 Å². The summed E-state index contributed by atoms with van der Waals surface area (Å²) in [5, 5.41) is 3.75. The predicted octanol–water partition coefficient (Wildman–Crippen LogP) is 5.84. The van der Waals surface area contributed by atoms with Crippen LogP contribution in [-0.2, 0) is 0 Å². The van der Waals surface area contributed by atoms with Crippen LogP contribution in [0.4, 0.5) is 5.69 Å². The molecule has 0 fully saturated rings. The summed E-state index contributed by atoms with van der Waals surface area (Å²) in [6, 6.07) is 15.5. The monoisotopic (exact) mass is 331 g/mol. The van der Waals surface area contributed by atoms with Gasteiger partial charge in [0.15, 0.2) is 5.78 Å². The SMILES string of the molecule is CC(=O)c1ccc2c(c1)[C@@H]1C=CC[C@@H]1[C@H](c1ccc(C(C)C)cc1)N2. The Bertz CT molecular complexity index is 832. The maximum Gasteiger partial charge on any atom is 0.159 e. The summed E-state index contributed by atoms with van der Waals surface area (Å²) in [6.45, 7) is 6.10. The van der Waals surface area contributed by atoms with E-state index in [0.717, 1.165) is 17.7 Å². The number of fused-ring (bicyclic) bond motifs is 3. The third kappa shape index (κ3) is 2.80. The lowest BCUT2D eigenvalue weighted by Gasteiger charge is -2.37. The van der Waals surface area contributed by atoms with E-state index in [0.29, 0.717) is 23.8 Å². The molecular formula is C23H25NO. The van der Waals surface area contributed by atoms with Crippen molar-refractivity contribution in [3.8, 4) is 0 Å². The third-order valence-electron chi connectivity index (χ3n) is 5.73. The number of carbonyl (C=O) groups excluding carboxylic acids is 1. The molecule has 0 saturated heterocycles. The number of Topliss-reactive ketones (excluding diaryl/α,β-unsaturated/α-hetero) is 1. The molecule has 1 N–H and O–H groups in total. The number of nitrogens with one attached hydrogen (secondary N) is 1. The van der Waals surface area contributed by atoms with Crippen molar-refractivity contribution in [2.75, 3.05) is 5.32 Å². The van der Waals surface area contributed by atoms with Crippen LogP contribution in [0.3, 0.4) is 0 Å². The van der Waals surface area contributed by atoms with Gasteiger partial charge in [0.1, 0.15) is 0 Å². The molecule has 128 valence electrons. The number of anilines is 1. The largest absolute Gasteiger partial charge is 0.378 e. The standard InChI is InChI=1S/C23H25NO/c1-14(2)16-7-9-17(10-8-16)23-20-6-4-5-19(20)21-13-18(15(3)25)11-12-22(21)24-23/h4-5,7-14,19-20,23-24H,6H2,1-3H3/t19-,20+,23+/m1/s1. The second-order valence-corrected chi connectivity index (χ2v) is 7.66. The van der Waals surface area contributed by atoms with Gasteiger partial charge in [-0.25, -0.2) is 0 Å². The predicted molar refractivity (Wildman–Crippen MR) is 103 cm³/mol. The zero-order valence-corrected chi connectivity index (χ0v) is 15.1. The third-order valence-corrected chi connectivity index (χ3v) is 5.73. The molecule has 25 heavy (non-hydrogen) atoms. The number of hydrogen-bond donors (Lipinski definition) is 1. The van der Waals surface area contributed by atoms with Crippen molar-refractivity contribution in [2.24, 2.45) is 5.92 Å². The minimum atomic E-state index is 0.132. The topological polar surface area (TPSA) is 29.1 Å². The van der Waals surface area contributed by atoms with Gasteiger partial charge in [0, 0.05) is 17.2 Å². The maximum atomic E-state index is 11.8. The Morgan fingerprint density at radius 2 is 1.88 bits per heavy atom. The molecule has 0 radical (unpaired) electrons. The second-order valence-electron chi connectivity index (χ2n) is 7.66. The summed E-state index contributed by atoms with van der Waals surface area (Å²) in [5.41, 5.74) is 5.97. The normalized spacial score (nSPS) is 23.9. The first kappa shape index (κ1) is 16.1. The molecule has 3 atom stereocenters. The number of benzene rings is 2. The highest BCUT2D eigenvalue weighted by molar-refractivity contribution is 5.95. The first-order chi connectivity index (χ1) is 12.0. The average Bonchev–Trinajstić information content (AvgIpc) is 3.10. The van der Waals surface area contributed by atoms with Gasteiger partial charge in [0.2, 0.25) is 0 Å². The Kier molecular flexibility index (Phi) is 3.99. The number of ketones is 1. The fraction of sp³-hybridized carbons (Fsp3) is 0.348. The minimum Gasteiger partial charge on any atom is -0.378 e. The molecule has 2 heteroatoms. The molecule has 2 aliphatic rings. The smallest absolute Gasteiger partial charge is 0.159 e. The van der Waals surface area contributed by atoms with E-state index in [2.05, 4.69) is 67.7 Å². The van der Waals surface area contributed by atoms with Crippen LogP contribution >= 0.6 is 0 Å². The lowest BCUT2D eigenvalue weighted by molar-refractivity contribution is 0.101. The van der Waals surface area contributed by atoms with Crippen LogP contribution in [0.5, 0.6) is 0 Å². The fourth-order valence-electron chi connectivity index (χ4n) is 4.23. The quantitative estimate of drug-likeness (QED) is 0.565. The number of allylic oxidation sites excluding steroid dienone is 2. The highest BCUT2D eigenvalue weighted by Crippen LogP contribution is 2.50. The van der Waals surface area contributed by atoms with Crippen molar-refractivity contribution in [1.82, 2.24) is 0 Å². The summed E-state index contributed by atoms with van der Waals surface area (Å²) in [6.07, 6.45) is 5.70. The maximum absolute atomic E-state index is 11.8. The van der Waals surface area contributed by atoms with Crippen LogP contribution in [0.15, 0.2) is 54.6 Å². The molecule has 1 aliphatic heterocycles. The van der Waals surface area contributed by atoms with Crippen LogP contribution < -0.4 is 5.32 Å². The number of hydrogen-bond acceptors (Lipinski definition) is 2. The van der Waals surface area contributed by atoms with Crippen molar-refractivity contribution in [3.05, 3.63) is 76.9 Å². The van der Waals surface area contributed by atoms with Crippen molar-refractivity contribution in [1.29, 1.82) is 0 Å². The van der Waals surface area contributed by atoms with Gasteiger partial charge in [-0.15, -0.1) is 0 Å². The van der Waals surface area contributed by atoms with Crippen molar-refractivity contribution in [2.45, 2.75) is 45.1 Å². The van der Waals surface area contributed by atoms with Gasteiger partial charge in [0.25, 0.3) is 0 Å². The summed E-state index contributed by atoms with van der Waals surface area (Å²) >= 11 is 0. The van der Waals surface area contributed by atoms with E-state index in [1.54, 1.807) is 6.92 Å². The van der Waals surface area contributed by atoms with E-state index in [9.17, 15) is 4.79 Å². The van der Waals surface area contributed by atoms with E-state index in [-0.39, 0.29) is 5.78 Å². The molecule has 0 saturated carbocycles. The Hall–Kier alpha value is -2.35. The molecule has 0 unspecified atom stereocenters. The lowest BCUT2D eigenvalue weighted by atomic mass is 9.76. The fourth-order valence-corrected chi connectivity index (χ4v) is 4.23. The molecule has 4 rings (SSSR count). The van der Waals surface area contributed by atoms with Crippen molar-refractivity contribution >= 4 is 11.5 Å². The summed E-state index contributed by atoms with van der Waals surface area (Å²) in [5.74, 6) is 1.60. The molecular weight excluding hydrogens is 306 g/mol. The van der Waals surface area contributed by atoms with Gasteiger partial charge in [0.05, 0.1) is 6.04 Å². The Labute approximate surface area is 150 Å². The molecule has 0 spiro atoms. The second kappa shape index (κ2) is 6.18. The molecule has 2 aromatic rings. The van der Waals surface area contributed by atoms with Crippen molar-refractivity contribution in [3.63, 3.8) is 0 Å². The van der Waals surface area contributed by atoms with Crippen LogP contribution in [0.2, 0.25) is 0 Å². The average molecular weight is 331 g/mol. The zero-order chi connectivity index (χ0) is 17.6. The summed E-state index contributed by atoms with van der Waals surface area (Å²) < 4.78 is 0. The minimum absolute atomic E-state index is 0.132. The molecule has 2 nitrogen and oxygen atoms in total.